The molecule has 0 bridgehead atoms. The average molecular weight is 182 g/mol. The number of carbonyl (C=O) groups is 1. The van der Waals surface area contributed by atoms with Crippen molar-refractivity contribution in [3.05, 3.63) is 12.2 Å². The second-order valence-electron chi connectivity index (χ2n) is 3.66. The first-order chi connectivity index (χ1) is 6.25. The number of carbonyl (C=O) groups excluding carboxylic acids is 1. The summed E-state index contributed by atoms with van der Waals surface area (Å²) in [4.78, 5) is 11.4. The van der Waals surface area contributed by atoms with Crippen LogP contribution in [0.5, 0.6) is 0 Å². The molecule has 1 saturated carbocycles. The first-order valence-electron chi connectivity index (χ1n) is 5.01. The number of ketones is 1. The summed E-state index contributed by atoms with van der Waals surface area (Å²) in [6, 6.07) is 0. The quantitative estimate of drug-likeness (QED) is 0.626. The van der Waals surface area contributed by atoms with E-state index in [0.29, 0.717) is 18.9 Å². The van der Waals surface area contributed by atoms with Gasteiger partial charge in [0.15, 0.2) is 5.78 Å². The highest BCUT2D eigenvalue weighted by Crippen LogP contribution is 2.23. The predicted molar refractivity (Wildman–Crippen MR) is 52.6 cm³/mol. The molecular weight excluding hydrogens is 164 g/mol. The minimum Gasteiger partial charge on any atom is -0.366 e. The van der Waals surface area contributed by atoms with Gasteiger partial charge in [0.2, 0.25) is 0 Å². The van der Waals surface area contributed by atoms with Crippen molar-refractivity contribution in [2.45, 2.75) is 39.2 Å². The first-order valence-corrected chi connectivity index (χ1v) is 5.01. The number of hydrogen-bond acceptors (Lipinski definition) is 2. The molecule has 0 aromatic rings. The fourth-order valence-electron chi connectivity index (χ4n) is 1.72. The van der Waals surface area contributed by atoms with Gasteiger partial charge in [-0.2, -0.15) is 0 Å². The van der Waals surface area contributed by atoms with E-state index in [9.17, 15) is 4.79 Å². The van der Waals surface area contributed by atoms with Gasteiger partial charge in [-0.3, -0.25) is 4.79 Å². The third-order valence-electron chi connectivity index (χ3n) is 2.52. The molecule has 13 heavy (non-hydrogen) atoms. The maximum absolute atomic E-state index is 11.4. The topological polar surface area (TPSA) is 26.3 Å². The summed E-state index contributed by atoms with van der Waals surface area (Å²) in [5.41, 5.74) is 0. The fraction of sp³-hybridized carbons (Fsp3) is 0.727. The lowest BCUT2D eigenvalue weighted by atomic mass is 9.87. The molecule has 74 valence electrons. The SMILES string of the molecule is C/C=C/CO[C@H]1C(=O)CCC[C@@H]1C. The van der Waals surface area contributed by atoms with E-state index < -0.39 is 0 Å². The highest BCUT2D eigenvalue weighted by Gasteiger charge is 2.28. The minimum absolute atomic E-state index is 0.148. The summed E-state index contributed by atoms with van der Waals surface area (Å²) in [5.74, 6) is 0.676. The third-order valence-corrected chi connectivity index (χ3v) is 2.52. The Hall–Kier alpha value is -0.630. The minimum atomic E-state index is -0.148. The van der Waals surface area contributed by atoms with E-state index in [1.54, 1.807) is 0 Å². The molecule has 1 aliphatic rings. The molecule has 0 spiro atoms. The Kier molecular flexibility index (Phi) is 4.16. The van der Waals surface area contributed by atoms with Gasteiger partial charge in [0.05, 0.1) is 6.61 Å². The molecule has 0 radical (unpaired) electrons. The Bertz CT molecular complexity index is 196. The van der Waals surface area contributed by atoms with Gasteiger partial charge >= 0.3 is 0 Å². The average Bonchev–Trinajstić information content (AvgIpc) is 2.10. The van der Waals surface area contributed by atoms with Crippen LogP contribution in [0.4, 0.5) is 0 Å². The summed E-state index contributed by atoms with van der Waals surface area (Å²) in [7, 11) is 0. The van der Waals surface area contributed by atoms with Crippen LogP contribution >= 0.6 is 0 Å². The van der Waals surface area contributed by atoms with Gasteiger partial charge in [0.25, 0.3) is 0 Å². The zero-order valence-corrected chi connectivity index (χ0v) is 8.45. The predicted octanol–water partition coefficient (Wildman–Crippen LogP) is 2.34. The van der Waals surface area contributed by atoms with Crippen molar-refractivity contribution in [1.29, 1.82) is 0 Å². The Morgan fingerprint density at radius 2 is 2.38 bits per heavy atom. The molecule has 1 aliphatic carbocycles. The summed E-state index contributed by atoms with van der Waals surface area (Å²) in [6.07, 6.45) is 6.58. The van der Waals surface area contributed by atoms with Gasteiger partial charge in [-0.25, -0.2) is 0 Å². The van der Waals surface area contributed by atoms with E-state index in [0.717, 1.165) is 12.8 Å². The van der Waals surface area contributed by atoms with Gasteiger partial charge in [-0.05, 0) is 25.7 Å². The molecule has 0 saturated heterocycles. The van der Waals surface area contributed by atoms with Crippen LogP contribution < -0.4 is 0 Å². The second kappa shape index (κ2) is 5.18. The van der Waals surface area contributed by atoms with Crippen LogP contribution in [-0.2, 0) is 9.53 Å². The smallest absolute Gasteiger partial charge is 0.161 e. The van der Waals surface area contributed by atoms with E-state index in [2.05, 4.69) is 6.92 Å². The van der Waals surface area contributed by atoms with Crippen LogP contribution in [0.15, 0.2) is 12.2 Å². The Labute approximate surface area is 80.0 Å². The molecule has 0 aromatic heterocycles. The first kappa shape index (κ1) is 10.5. The standard InChI is InChI=1S/C11H18O2/c1-3-4-8-13-11-9(2)6-5-7-10(11)12/h3-4,9,11H,5-8H2,1-2H3/b4-3+/t9-,11+/m0/s1. The zero-order valence-electron chi connectivity index (χ0n) is 8.45. The van der Waals surface area contributed by atoms with Crippen LogP contribution in [0.25, 0.3) is 0 Å². The van der Waals surface area contributed by atoms with Gasteiger partial charge in [-0.1, -0.05) is 19.1 Å². The van der Waals surface area contributed by atoms with Gasteiger partial charge in [0, 0.05) is 6.42 Å². The number of allylic oxidation sites excluding steroid dienone is 1. The maximum Gasteiger partial charge on any atom is 0.161 e. The van der Waals surface area contributed by atoms with E-state index in [1.165, 1.54) is 0 Å². The Balaban J connectivity index is 2.39. The number of ether oxygens (including phenoxy) is 1. The lowest BCUT2D eigenvalue weighted by molar-refractivity contribution is -0.135. The molecule has 0 N–H and O–H groups in total. The summed E-state index contributed by atoms with van der Waals surface area (Å²) in [5, 5.41) is 0. The largest absolute Gasteiger partial charge is 0.366 e. The van der Waals surface area contributed by atoms with Crippen molar-refractivity contribution in [2.24, 2.45) is 5.92 Å². The Morgan fingerprint density at radius 1 is 1.62 bits per heavy atom. The molecule has 0 amide bonds. The van der Waals surface area contributed by atoms with Crippen LogP contribution in [0.1, 0.15) is 33.1 Å². The molecule has 0 aliphatic heterocycles. The second-order valence-corrected chi connectivity index (χ2v) is 3.66. The maximum atomic E-state index is 11.4. The molecule has 1 fully saturated rings. The summed E-state index contributed by atoms with van der Waals surface area (Å²) >= 11 is 0. The fourth-order valence-corrected chi connectivity index (χ4v) is 1.72. The van der Waals surface area contributed by atoms with E-state index >= 15 is 0 Å². The van der Waals surface area contributed by atoms with Crippen LogP contribution in [-0.4, -0.2) is 18.5 Å². The van der Waals surface area contributed by atoms with E-state index in [4.69, 9.17) is 4.74 Å². The van der Waals surface area contributed by atoms with Crippen molar-refractivity contribution in [3.63, 3.8) is 0 Å². The van der Waals surface area contributed by atoms with Gasteiger partial charge in [0.1, 0.15) is 6.10 Å². The van der Waals surface area contributed by atoms with Crippen LogP contribution in [0.2, 0.25) is 0 Å². The molecule has 1 rings (SSSR count). The van der Waals surface area contributed by atoms with Gasteiger partial charge in [-0.15, -0.1) is 0 Å². The normalized spacial score (nSPS) is 29.8. The third kappa shape index (κ3) is 2.96. The molecule has 0 unspecified atom stereocenters. The summed E-state index contributed by atoms with van der Waals surface area (Å²) < 4.78 is 5.51. The van der Waals surface area contributed by atoms with Crippen LogP contribution in [0.3, 0.4) is 0 Å². The van der Waals surface area contributed by atoms with Crippen molar-refractivity contribution >= 4 is 5.78 Å². The number of hydrogen-bond donors (Lipinski definition) is 0. The van der Waals surface area contributed by atoms with Crippen molar-refractivity contribution in [1.82, 2.24) is 0 Å². The molecular formula is C11H18O2. The van der Waals surface area contributed by atoms with Crippen molar-refractivity contribution in [2.75, 3.05) is 6.61 Å². The monoisotopic (exact) mass is 182 g/mol. The zero-order chi connectivity index (χ0) is 9.68. The number of Topliss-reactive ketones (excluding diaryl/α,β-unsaturated/α-hetero) is 1. The molecule has 0 heterocycles. The molecule has 0 aromatic carbocycles. The molecule has 2 atom stereocenters. The van der Waals surface area contributed by atoms with Crippen molar-refractivity contribution < 1.29 is 9.53 Å². The molecule has 2 nitrogen and oxygen atoms in total. The highest BCUT2D eigenvalue weighted by atomic mass is 16.5. The van der Waals surface area contributed by atoms with E-state index in [1.807, 2.05) is 19.1 Å². The number of rotatable bonds is 3. The Morgan fingerprint density at radius 3 is 3.00 bits per heavy atom. The van der Waals surface area contributed by atoms with E-state index in [-0.39, 0.29) is 11.9 Å². The lowest BCUT2D eigenvalue weighted by Gasteiger charge is -2.26. The lowest BCUT2D eigenvalue weighted by Crippen LogP contribution is -2.34. The van der Waals surface area contributed by atoms with Crippen molar-refractivity contribution in [3.8, 4) is 0 Å². The van der Waals surface area contributed by atoms with Gasteiger partial charge < -0.3 is 4.74 Å². The molecule has 2 heteroatoms. The van der Waals surface area contributed by atoms with Crippen LogP contribution in [0, 0.1) is 5.92 Å². The summed E-state index contributed by atoms with van der Waals surface area (Å²) in [6.45, 7) is 4.62. The highest BCUT2D eigenvalue weighted by molar-refractivity contribution is 5.84.